The molecule has 0 aliphatic carbocycles. The minimum Gasteiger partial charge on any atom is -0.437 e. The minimum atomic E-state index is -1.28. The van der Waals surface area contributed by atoms with Crippen LogP contribution in [-0.2, 0) is 19.3 Å². The summed E-state index contributed by atoms with van der Waals surface area (Å²) in [5.41, 5.74) is 2.44. The van der Waals surface area contributed by atoms with Crippen LogP contribution in [0.5, 0.6) is 0 Å². The van der Waals surface area contributed by atoms with E-state index < -0.39 is 11.8 Å². The Morgan fingerprint density at radius 3 is 2.85 bits per heavy atom. The Bertz CT molecular complexity index is 347. The topological polar surface area (TPSA) is 52.6 Å². The van der Waals surface area contributed by atoms with Crippen molar-refractivity contribution in [1.29, 1.82) is 0 Å². The molecule has 5 heteroatoms. The Morgan fingerprint density at radius 2 is 2.31 bits per heavy atom. The maximum atomic E-state index is 11.4. The summed E-state index contributed by atoms with van der Waals surface area (Å²) in [4.78, 5) is 24.2. The first-order valence-corrected chi connectivity index (χ1v) is 3.34. The van der Waals surface area contributed by atoms with Crippen molar-refractivity contribution in [1.82, 2.24) is 0 Å². The average molecular weight is 184 g/mol. The van der Waals surface area contributed by atoms with Gasteiger partial charge < -0.3 is 4.74 Å². The zero-order valence-corrected chi connectivity index (χ0v) is 6.67. The van der Waals surface area contributed by atoms with Crippen LogP contribution in [0.1, 0.15) is 6.92 Å². The molecule has 0 aromatic carbocycles. The van der Waals surface area contributed by atoms with Gasteiger partial charge >= 0.3 is 5.97 Å². The zero-order chi connectivity index (χ0) is 9.84. The molecule has 0 spiro atoms. The Kier molecular flexibility index (Phi) is 2.62. The molecule has 0 saturated carbocycles. The van der Waals surface area contributed by atoms with E-state index in [0.29, 0.717) is 0 Å². The SMILES string of the molecule is CC(=O)C1=C=CC=C(C(=O)OF)O1. The fourth-order valence-electron chi connectivity index (χ4n) is 0.688. The highest BCUT2D eigenvalue weighted by Crippen LogP contribution is 2.12. The van der Waals surface area contributed by atoms with Crippen LogP contribution in [0.4, 0.5) is 4.53 Å². The molecule has 0 radical (unpaired) electrons. The maximum Gasteiger partial charge on any atom is 0.414 e. The Hall–Kier alpha value is -1.87. The van der Waals surface area contributed by atoms with Crippen LogP contribution in [0, 0.1) is 0 Å². The second kappa shape index (κ2) is 3.69. The van der Waals surface area contributed by atoms with Gasteiger partial charge in [0, 0.05) is 11.4 Å². The van der Waals surface area contributed by atoms with Gasteiger partial charge in [-0.05, 0) is 12.2 Å². The van der Waals surface area contributed by atoms with Crippen LogP contribution in [0.25, 0.3) is 0 Å². The van der Waals surface area contributed by atoms with Gasteiger partial charge in [0.05, 0.1) is 0 Å². The van der Waals surface area contributed by atoms with E-state index in [2.05, 4.69) is 15.4 Å². The molecule has 0 amide bonds. The lowest BCUT2D eigenvalue weighted by Gasteiger charge is -2.07. The molecule has 0 aromatic rings. The lowest BCUT2D eigenvalue weighted by Crippen LogP contribution is -2.11. The number of carbonyl (C=O) groups excluding carboxylic acids is 2. The van der Waals surface area contributed by atoms with Crippen molar-refractivity contribution in [3.05, 3.63) is 29.4 Å². The molecule has 1 heterocycles. The fraction of sp³-hybridized carbons (Fsp3) is 0.125. The molecule has 13 heavy (non-hydrogen) atoms. The first-order chi connectivity index (χ1) is 6.15. The predicted octanol–water partition coefficient (Wildman–Crippen LogP) is 0.956. The van der Waals surface area contributed by atoms with E-state index in [1.807, 2.05) is 0 Å². The molecule has 4 nitrogen and oxygen atoms in total. The first kappa shape index (κ1) is 9.22. The number of carbonyl (C=O) groups is 2. The molecule has 1 rings (SSSR count). The molecule has 68 valence electrons. The molecule has 0 saturated heterocycles. The lowest BCUT2D eigenvalue weighted by molar-refractivity contribution is -0.181. The van der Waals surface area contributed by atoms with Crippen LogP contribution < -0.4 is 0 Å². The molecule has 0 aromatic heterocycles. The van der Waals surface area contributed by atoms with Crippen molar-refractivity contribution in [2.75, 3.05) is 0 Å². The van der Waals surface area contributed by atoms with E-state index in [0.717, 1.165) is 6.08 Å². The van der Waals surface area contributed by atoms with Crippen molar-refractivity contribution in [2.45, 2.75) is 6.92 Å². The summed E-state index contributed by atoms with van der Waals surface area (Å²) in [5, 5.41) is 0. The van der Waals surface area contributed by atoms with Gasteiger partial charge in [-0.2, -0.15) is 0 Å². The Labute approximate surface area is 72.8 Å². The molecule has 0 unspecified atom stereocenters. The number of allylic oxidation sites excluding steroid dienone is 2. The van der Waals surface area contributed by atoms with Gasteiger partial charge in [0.2, 0.25) is 17.3 Å². The van der Waals surface area contributed by atoms with Crippen molar-refractivity contribution in [3.8, 4) is 0 Å². The van der Waals surface area contributed by atoms with Gasteiger partial charge in [-0.15, -0.1) is 0 Å². The molecule has 0 N–H and O–H groups in total. The monoisotopic (exact) mass is 184 g/mol. The standard InChI is InChI=1S/C8H5FO4/c1-5(10)6-3-2-4-7(12-6)8(11)13-9/h2,4H,1H3. The van der Waals surface area contributed by atoms with Crippen LogP contribution in [0.2, 0.25) is 0 Å². The summed E-state index contributed by atoms with van der Waals surface area (Å²) in [6.07, 6.45) is 2.42. The predicted molar refractivity (Wildman–Crippen MR) is 38.6 cm³/mol. The van der Waals surface area contributed by atoms with Gasteiger partial charge in [0.15, 0.2) is 0 Å². The normalized spacial score (nSPS) is 14.0. The Balaban J connectivity index is 2.82. The Morgan fingerprint density at radius 1 is 1.62 bits per heavy atom. The van der Waals surface area contributed by atoms with E-state index >= 15 is 0 Å². The molecule has 1 aliphatic rings. The second-order valence-electron chi connectivity index (χ2n) is 2.19. The first-order valence-electron chi connectivity index (χ1n) is 3.34. The zero-order valence-electron chi connectivity index (χ0n) is 6.67. The second-order valence-corrected chi connectivity index (χ2v) is 2.19. The number of ketones is 1. The summed E-state index contributed by atoms with van der Waals surface area (Å²) in [7, 11) is 0. The molecule has 0 bridgehead atoms. The molecule has 1 aliphatic heterocycles. The summed E-state index contributed by atoms with van der Waals surface area (Å²) in [5.74, 6) is -2.22. The van der Waals surface area contributed by atoms with E-state index in [9.17, 15) is 14.1 Å². The third-order valence-electron chi connectivity index (χ3n) is 1.25. The van der Waals surface area contributed by atoms with Crippen LogP contribution >= 0.6 is 0 Å². The number of hydrogen-bond acceptors (Lipinski definition) is 4. The van der Waals surface area contributed by atoms with Crippen molar-refractivity contribution < 1.29 is 23.8 Å². The third-order valence-corrected chi connectivity index (χ3v) is 1.25. The number of hydrogen-bond donors (Lipinski definition) is 0. The molecule has 0 fully saturated rings. The van der Waals surface area contributed by atoms with E-state index in [4.69, 9.17) is 0 Å². The van der Waals surface area contributed by atoms with Crippen LogP contribution in [0.3, 0.4) is 0 Å². The maximum absolute atomic E-state index is 11.4. The molecular weight excluding hydrogens is 179 g/mol. The van der Waals surface area contributed by atoms with Gasteiger partial charge in [-0.1, -0.05) is 5.73 Å². The number of Topliss-reactive ketones (excluding diaryl/α,β-unsaturated/α-hetero) is 1. The van der Waals surface area contributed by atoms with Gasteiger partial charge in [-0.3, -0.25) is 4.79 Å². The molecule has 0 atom stereocenters. The number of ether oxygens (including phenoxy) is 1. The quantitative estimate of drug-likeness (QED) is 0.599. The van der Waals surface area contributed by atoms with Crippen LogP contribution in [-0.4, -0.2) is 11.8 Å². The highest BCUT2D eigenvalue weighted by Gasteiger charge is 2.19. The molecular formula is C8H5FO4. The largest absolute Gasteiger partial charge is 0.437 e. The van der Waals surface area contributed by atoms with Gasteiger partial charge in [-0.25, -0.2) is 9.74 Å². The number of halogens is 1. The summed E-state index contributed by atoms with van der Waals surface area (Å²) in [6.45, 7) is 1.24. The van der Waals surface area contributed by atoms with Gasteiger partial charge in [0.1, 0.15) is 0 Å². The fourth-order valence-corrected chi connectivity index (χ4v) is 0.688. The van der Waals surface area contributed by atoms with Gasteiger partial charge in [0.25, 0.3) is 0 Å². The van der Waals surface area contributed by atoms with Crippen molar-refractivity contribution in [2.24, 2.45) is 0 Å². The smallest absolute Gasteiger partial charge is 0.414 e. The number of rotatable bonds is 2. The third kappa shape index (κ3) is 2.04. The van der Waals surface area contributed by atoms with E-state index in [-0.39, 0.29) is 11.5 Å². The van der Waals surface area contributed by atoms with Crippen molar-refractivity contribution >= 4 is 11.8 Å². The lowest BCUT2D eigenvalue weighted by atomic mass is 10.3. The van der Waals surface area contributed by atoms with Crippen LogP contribution in [0.15, 0.2) is 29.4 Å². The highest BCUT2D eigenvalue weighted by molar-refractivity contribution is 5.94. The summed E-state index contributed by atoms with van der Waals surface area (Å²) < 4.78 is 16.1. The average Bonchev–Trinajstić information content (AvgIpc) is 2.17. The van der Waals surface area contributed by atoms with E-state index in [1.54, 1.807) is 0 Å². The van der Waals surface area contributed by atoms with Crippen molar-refractivity contribution in [3.63, 3.8) is 0 Å². The summed E-state index contributed by atoms with van der Waals surface area (Å²) in [6, 6.07) is 0. The summed E-state index contributed by atoms with van der Waals surface area (Å²) >= 11 is 0. The minimum absolute atomic E-state index is 0.150. The van der Waals surface area contributed by atoms with E-state index in [1.165, 1.54) is 13.0 Å². The highest BCUT2D eigenvalue weighted by atomic mass is 19.3.